The van der Waals surface area contributed by atoms with Crippen molar-refractivity contribution in [2.45, 2.75) is 39.0 Å². The second kappa shape index (κ2) is 10.3. The van der Waals surface area contributed by atoms with Crippen LogP contribution in [-0.4, -0.2) is 10.9 Å². The predicted molar refractivity (Wildman–Crippen MR) is 119 cm³/mol. The Morgan fingerprint density at radius 3 is 2.53 bits per heavy atom. The Kier molecular flexibility index (Phi) is 7.76. The molecule has 1 aromatic heterocycles. The van der Waals surface area contributed by atoms with Gasteiger partial charge < -0.3 is 4.74 Å². The summed E-state index contributed by atoms with van der Waals surface area (Å²) in [6.07, 6.45) is -1.73. The average Bonchev–Trinajstić information content (AvgIpc) is 3.18. The van der Waals surface area contributed by atoms with Crippen LogP contribution in [0.5, 0.6) is 5.75 Å². The van der Waals surface area contributed by atoms with Crippen LogP contribution < -0.4 is 16.0 Å². The van der Waals surface area contributed by atoms with E-state index in [9.17, 15) is 18.0 Å². The lowest BCUT2D eigenvalue weighted by atomic mass is 10.1. The van der Waals surface area contributed by atoms with Crippen molar-refractivity contribution in [1.82, 2.24) is 10.4 Å². The zero-order chi connectivity index (χ0) is 23.3. The Hall–Kier alpha value is -2.62. The number of aromatic nitrogens is 1. The molecule has 170 valence electrons. The molecule has 0 saturated carbocycles. The lowest BCUT2D eigenvalue weighted by Gasteiger charge is -2.08. The standard InChI is InChI=1S/C22H21ClF3N3O2S/c1-2-3-4-18-19(12-31-15-9-10-16(17(23)11-15)20(30)29-27)32-21(28-18)13-5-7-14(8-6-13)22(24,25)26/h5-11H,2-4,12,27H2,1H3,(H,29,30). The normalized spacial score (nSPS) is 11.4. The highest BCUT2D eigenvalue weighted by Crippen LogP contribution is 2.34. The number of thiazole rings is 1. The van der Waals surface area contributed by atoms with E-state index in [0.717, 1.165) is 42.0 Å². The van der Waals surface area contributed by atoms with Gasteiger partial charge in [0, 0.05) is 5.56 Å². The highest BCUT2D eigenvalue weighted by molar-refractivity contribution is 7.15. The van der Waals surface area contributed by atoms with Gasteiger partial charge in [-0.25, -0.2) is 10.8 Å². The summed E-state index contributed by atoms with van der Waals surface area (Å²) >= 11 is 7.51. The summed E-state index contributed by atoms with van der Waals surface area (Å²) in [4.78, 5) is 17.2. The highest BCUT2D eigenvalue weighted by atomic mass is 35.5. The lowest BCUT2D eigenvalue weighted by Crippen LogP contribution is -2.30. The molecule has 3 aromatic rings. The van der Waals surface area contributed by atoms with Crippen molar-refractivity contribution < 1.29 is 22.7 Å². The van der Waals surface area contributed by atoms with Crippen LogP contribution in [0.25, 0.3) is 10.6 Å². The van der Waals surface area contributed by atoms with Crippen LogP contribution in [0.2, 0.25) is 5.02 Å². The molecular weight excluding hydrogens is 463 g/mol. The molecule has 32 heavy (non-hydrogen) atoms. The lowest BCUT2D eigenvalue weighted by molar-refractivity contribution is -0.137. The number of nitrogens with zero attached hydrogens (tertiary/aromatic N) is 1. The zero-order valence-corrected chi connectivity index (χ0v) is 18.7. The average molecular weight is 484 g/mol. The van der Waals surface area contributed by atoms with Crippen molar-refractivity contribution in [3.05, 3.63) is 69.2 Å². The van der Waals surface area contributed by atoms with Crippen molar-refractivity contribution in [1.29, 1.82) is 0 Å². The fraction of sp³-hybridized carbons (Fsp3) is 0.273. The Bertz CT molecular complexity index is 1090. The summed E-state index contributed by atoms with van der Waals surface area (Å²) in [5.41, 5.74) is 3.03. The first-order valence-electron chi connectivity index (χ1n) is 9.82. The summed E-state index contributed by atoms with van der Waals surface area (Å²) in [6, 6.07) is 9.61. The molecule has 3 N–H and O–H groups in total. The van der Waals surface area contributed by atoms with Crippen LogP contribution in [0.1, 0.15) is 46.3 Å². The number of halogens is 4. The molecule has 2 aromatic carbocycles. The van der Waals surface area contributed by atoms with E-state index in [0.29, 0.717) is 16.3 Å². The molecular formula is C22H21ClF3N3O2S. The fourth-order valence-electron chi connectivity index (χ4n) is 2.96. The van der Waals surface area contributed by atoms with Gasteiger partial charge in [-0.2, -0.15) is 13.2 Å². The number of nitrogen functional groups attached to an aromatic ring is 1. The second-order valence-corrected chi connectivity index (χ2v) is 8.46. The first-order chi connectivity index (χ1) is 15.2. The molecule has 0 radical (unpaired) electrons. The van der Waals surface area contributed by atoms with Gasteiger partial charge in [0.1, 0.15) is 17.4 Å². The third-order valence-corrected chi connectivity index (χ3v) is 6.12. The van der Waals surface area contributed by atoms with Gasteiger partial charge >= 0.3 is 6.18 Å². The topological polar surface area (TPSA) is 77.2 Å². The number of ether oxygens (including phenoxy) is 1. The molecule has 5 nitrogen and oxygen atoms in total. The predicted octanol–water partition coefficient (Wildman–Crippen LogP) is 6.01. The van der Waals surface area contributed by atoms with E-state index < -0.39 is 17.6 Å². The number of rotatable bonds is 8. The maximum absolute atomic E-state index is 12.8. The number of alkyl halides is 3. The molecule has 0 aliphatic heterocycles. The van der Waals surface area contributed by atoms with E-state index in [1.165, 1.54) is 35.6 Å². The van der Waals surface area contributed by atoms with E-state index in [4.69, 9.17) is 22.2 Å². The number of carbonyl (C=O) groups is 1. The van der Waals surface area contributed by atoms with Crippen molar-refractivity contribution in [2.24, 2.45) is 5.84 Å². The van der Waals surface area contributed by atoms with Crippen molar-refractivity contribution >= 4 is 28.8 Å². The molecule has 0 atom stereocenters. The number of hydrazine groups is 1. The molecule has 3 rings (SSSR count). The number of carbonyl (C=O) groups excluding carboxylic acids is 1. The van der Waals surface area contributed by atoms with Gasteiger partial charge in [-0.15, -0.1) is 11.3 Å². The summed E-state index contributed by atoms with van der Waals surface area (Å²) in [6.45, 7) is 2.29. The minimum absolute atomic E-state index is 0.200. The number of unbranched alkanes of at least 4 members (excludes halogenated alkanes) is 1. The number of hydrogen-bond acceptors (Lipinski definition) is 5. The molecule has 0 aliphatic rings. The van der Waals surface area contributed by atoms with Crippen LogP contribution in [0, 0.1) is 0 Å². The van der Waals surface area contributed by atoms with Gasteiger partial charge in [-0.05, 0) is 43.2 Å². The van der Waals surface area contributed by atoms with E-state index >= 15 is 0 Å². The van der Waals surface area contributed by atoms with Crippen LogP contribution >= 0.6 is 22.9 Å². The van der Waals surface area contributed by atoms with Crippen LogP contribution in [0.15, 0.2) is 42.5 Å². The monoisotopic (exact) mass is 483 g/mol. The molecule has 0 saturated heterocycles. The summed E-state index contributed by atoms with van der Waals surface area (Å²) in [5, 5.41) is 0.836. The Morgan fingerprint density at radius 1 is 1.22 bits per heavy atom. The Balaban J connectivity index is 1.80. The number of amides is 1. The smallest absolute Gasteiger partial charge is 0.416 e. The van der Waals surface area contributed by atoms with E-state index in [-0.39, 0.29) is 17.2 Å². The first kappa shape index (κ1) is 24.0. The molecule has 1 amide bonds. The second-order valence-electron chi connectivity index (χ2n) is 6.97. The van der Waals surface area contributed by atoms with E-state index in [1.54, 1.807) is 6.07 Å². The quantitative estimate of drug-likeness (QED) is 0.234. The highest BCUT2D eigenvalue weighted by Gasteiger charge is 2.30. The van der Waals surface area contributed by atoms with Crippen molar-refractivity contribution in [2.75, 3.05) is 0 Å². The summed E-state index contributed by atoms with van der Waals surface area (Å²) in [7, 11) is 0. The maximum Gasteiger partial charge on any atom is 0.416 e. The molecule has 0 bridgehead atoms. The molecule has 0 fully saturated rings. The van der Waals surface area contributed by atoms with Gasteiger partial charge in [0.05, 0.1) is 26.7 Å². The van der Waals surface area contributed by atoms with Crippen molar-refractivity contribution in [3.63, 3.8) is 0 Å². The van der Waals surface area contributed by atoms with Gasteiger partial charge in [0.25, 0.3) is 5.91 Å². The van der Waals surface area contributed by atoms with Crippen molar-refractivity contribution in [3.8, 4) is 16.3 Å². The summed E-state index contributed by atoms with van der Waals surface area (Å²) in [5.74, 6) is 5.09. The molecule has 0 aliphatic carbocycles. The zero-order valence-electron chi connectivity index (χ0n) is 17.1. The third kappa shape index (κ3) is 5.79. The summed E-state index contributed by atoms with van der Waals surface area (Å²) < 4.78 is 44.4. The van der Waals surface area contributed by atoms with Crippen LogP contribution in [-0.2, 0) is 19.2 Å². The Morgan fingerprint density at radius 2 is 1.94 bits per heavy atom. The molecule has 1 heterocycles. The van der Waals surface area contributed by atoms with Gasteiger partial charge in [0.2, 0.25) is 0 Å². The number of benzene rings is 2. The number of nitrogens with one attached hydrogen (secondary N) is 1. The molecule has 0 unspecified atom stereocenters. The minimum Gasteiger partial charge on any atom is -0.488 e. The fourth-order valence-corrected chi connectivity index (χ4v) is 4.24. The van der Waals surface area contributed by atoms with Crippen LogP contribution in [0.3, 0.4) is 0 Å². The SMILES string of the molecule is CCCCc1nc(-c2ccc(C(F)(F)F)cc2)sc1COc1ccc(C(=O)NN)c(Cl)c1. The Labute approximate surface area is 192 Å². The minimum atomic E-state index is -4.38. The molecule has 10 heteroatoms. The van der Waals surface area contributed by atoms with Crippen LogP contribution in [0.4, 0.5) is 13.2 Å². The van der Waals surface area contributed by atoms with E-state index in [1.807, 2.05) is 5.43 Å². The third-order valence-electron chi connectivity index (χ3n) is 4.69. The van der Waals surface area contributed by atoms with Gasteiger partial charge in [-0.1, -0.05) is 37.1 Å². The number of aryl methyl sites for hydroxylation is 1. The largest absolute Gasteiger partial charge is 0.488 e. The first-order valence-corrected chi connectivity index (χ1v) is 11.0. The number of nitrogens with two attached hydrogens (primary N) is 1. The van der Waals surface area contributed by atoms with Gasteiger partial charge in [0.15, 0.2) is 0 Å². The molecule has 0 spiro atoms. The van der Waals surface area contributed by atoms with E-state index in [2.05, 4.69) is 11.9 Å². The van der Waals surface area contributed by atoms with Gasteiger partial charge in [-0.3, -0.25) is 10.2 Å². The maximum atomic E-state index is 12.8. The number of hydrogen-bond donors (Lipinski definition) is 2.